The lowest BCUT2D eigenvalue weighted by Gasteiger charge is -2.25. The first kappa shape index (κ1) is 19.9. The number of nitrogens with one attached hydrogen (secondary N) is 1. The molecule has 0 bridgehead atoms. The van der Waals surface area contributed by atoms with Crippen molar-refractivity contribution in [2.45, 2.75) is 44.6 Å². The van der Waals surface area contributed by atoms with Gasteiger partial charge in [-0.05, 0) is 43.6 Å². The van der Waals surface area contributed by atoms with Gasteiger partial charge in [0.2, 0.25) is 15.9 Å². The summed E-state index contributed by atoms with van der Waals surface area (Å²) in [7, 11) is -3.43. The molecule has 1 aliphatic rings. The van der Waals surface area contributed by atoms with Gasteiger partial charge in [0.15, 0.2) is 0 Å². The molecule has 140 valence electrons. The van der Waals surface area contributed by atoms with Crippen molar-refractivity contribution in [1.82, 2.24) is 14.5 Å². The Morgan fingerprint density at radius 1 is 1.08 bits per heavy atom. The molecule has 0 spiro atoms. The number of nitrogens with zero attached hydrogens (tertiary/aromatic N) is 2. The van der Waals surface area contributed by atoms with E-state index in [0.29, 0.717) is 31.1 Å². The van der Waals surface area contributed by atoms with Crippen LogP contribution in [0.1, 0.15) is 38.7 Å². The maximum atomic E-state index is 12.4. The molecule has 1 saturated heterocycles. The third-order valence-electron chi connectivity index (χ3n) is 4.57. The quantitative estimate of drug-likeness (QED) is 0.761. The normalized spacial score (nSPS) is 16.1. The monoisotopic (exact) mass is 367 g/mol. The molecule has 0 unspecified atom stereocenters. The molecule has 0 aliphatic carbocycles. The van der Waals surface area contributed by atoms with Crippen LogP contribution in [0.3, 0.4) is 0 Å². The lowest BCUT2D eigenvalue weighted by atomic mass is 10.1. The number of amides is 1. The van der Waals surface area contributed by atoms with Gasteiger partial charge in [-0.15, -0.1) is 0 Å². The number of sulfonamides is 1. The molecule has 1 N–H and O–H groups in total. The fourth-order valence-electron chi connectivity index (χ4n) is 3.07. The summed E-state index contributed by atoms with van der Waals surface area (Å²) in [4.78, 5) is 14.5. The van der Waals surface area contributed by atoms with Crippen LogP contribution in [0.15, 0.2) is 29.2 Å². The Morgan fingerprint density at radius 2 is 1.68 bits per heavy atom. The van der Waals surface area contributed by atoms with E-state index in [9.17, 15) is 13.2 Å². The highest BCUT2D eigenvalue weighted by atomic mass is 32.2. The summed E-state index contributed by atoms with van der Waals surface area (Å²) < 4.78 is 26.3. The van der Waals surface area contributed by atoms with Gasteiger partial charge in [0, 0.05) is 19.6 Å². The molecule has 0 radical (unpaired) electrons. The average Bonchev–Trinajstić information content (AvgIpc) is 2.62. The van der Waals surface area contributed by atoms with Crippen molar-refractivity contribution in [3.8, 4) is 0 Å². The van der Waals surface area contributed by atoms with E-state index < -0.39 is 10.0 Å². The van der Waals surface area contributed by atoms with E-state index in [1.165, 1.54) is 10.7 Å². The number of benzene rings is 1. The van der Waals surface area contributed by atoms with Gasteiger partial charge in [-0.25, -0.2) is 8.42 Å². The Morgan fingerprint density at radius 3 is 2.24 bits per heavy atom. The van der Waals surface area contributed by atoms with Crippen molar-refractivity contribution >= 4 is 15.9 Å². The number of rotatable bonds is 8. The molecule has 6 nitrogen and oxygen atoms in total. The maximum absolute atomic E-state index is 12.4. The summed E-state index contributed by atoms with van der Waals surface area (Å²) in [5.41, 5.74) is 0.894. The van der Waals surface area contributed by atoms with E-state index in [1.54, 1.807) is 24.3 Å². The summed E-state index contributed by atoms with van der Waals surface area (Å²) >= 11 is 0. The highest BCUT2D eigenvalue weighted by Crippen LogP contribution is 2.16. The smallest absolute Gasteiger partial charge is 0.243 e. The Labute approximate surface area is 151 Å². The first-order valence-electron chi connectivity index (χ1n) is 9.05. The van der Waals surface area contributed by atoms with Gasteiger partial charge < -0.3 is 5.32 Å². The van der Waals surface area contributed by atoms with Crippen LogP contribution in [-0.2, 0) is 21.4 Å². The molecule has 1 aromatic carbocycles. The zero-order chi connectivity index (χ0) is 18.3. The van der Waals surface area contributed by atoms with Crippen molar-refractivity contribution < 1.29 is 13.2 Å². The number of hydrogen-bond donors (Lipinski definition) is 1. The number of likely N-dealkylation sites (tertiary alicyclic amines) is 1. The van der Waals surface area contributed by atoms with Crippen LogP contribution in [-0.4, -0.2) is 56.3 Å². The van der Waals surface area contributed by atoms with E-state index >= 15 is 0 Å². The number of carbonyl (C=O) groups is 1. The topological polar surface area (TPSA) is 69.7 Å². The first-order valence-corrected chi connectivity index (χ1v) is 10.5. The average molecular weight is 368 g/mol. The van der Waals surface area contributed by atoms with Crippen molar-refractivity contribution in [3.63, 3.8) is 0 Å². The Kier molecular flexibility index (Phi) is 7.40. The van der Waals surface area contributed by atoms with Gasteiger partial charge in [-0.3, -0.25) is 9.69 Å². The summed E-state index contributed by atoms with van der Waals surface area (Å²) in [5, 5.41) is 2.91. The maximum Gasteiger partial charge on any atom is 0.243 e. The van der Waals surface area contributed by atoms with Crippen LogP contribution in [0.5, 0.6) is 0 Å². The van der Waals surface area contributed by atoms with Gasteiger partial charge >= 0.3 is 0 Å². The molecule has 1 aromatic rings. The van der Waals surface area contributed by atoms with E-state index in [-0.39, 0.29) is 5.91 Å². The lowest BCUT2D eigenvalue weighted by molar-refractivity contribution is -0.122. The van der Waals surface area contributed by atoms with Crippen molar-refractivity contribution in [3.05, 3.63) is 29.8 Å². The molecular weight excluding hydrogens is 338 g/mol. The predicted molar refractivity (Wildman–Crippen MR) is 98.7 cm³/mol. The van der Waals surface area contributed by atoms with E-state index in [4.69, 9.17) is 0 Å². The number of piperidine rings is 1. The third kappa shape index (κ3) is 5.52. The van der Waals surface area contributed by atoms with Crippen LogP contribution in [0.25, 0.3) is 0 Å². The largest absolute Gasteiger partial charge is 0.351 e. The second-order valence-electron chi connectivity index (χ2n) is 6.35. The summed E-state index contributed by atoms with van der Waals surface area (Å²) in [6.45, 7) is 7.39. The molecule has 0 aromatic heterocycles. The Hall–Kier alpha value is -1.44. The van der Waals surface area contributed by atoms with E-state index in [1.807, 2.05) is 13.8 Å². The van der Waals surface area contributed by atoms with Gasteiger partial charge in [0.05, 0.1) is 11.4 Å². The Bertz CT molecular complexity index is 649. The predicted octanol–water partition coefficient (Wildman–Crippen LogP) is 1.82. The molecule has 0 saturated carbocycles. The van der Waals surface area contributed by atoms with E-state index in [2.05, 4.69) is 10.2 Å². The van der Waals surface area contributed by atoms with Crippen LogP contribution in [0.4, 0.5) is 0 Å². The summed E-state index contributed by atoms with van der Waals surface area (Å²) in [6.07, 6.45) is 3.58. The summed E-state index contributed by atoms with van der Waals surface area (Å²) in [6, 6.07) is 6.74. The molecule has 1 aliphatic heterocycles. The zero-order valence-corrected chi connectivity index (χ0v) is 16.0. The standard InChI is InChI=1S/C18H29N3O3S/c1-3-21(4-2)25(23,24)17-10-8-16(9-11-17)14-19-18(22)15-20-12-6-5-7-13-20/h8-11H,3-7,12-15H2,1-2H3,(H,19,22). The highest BCUT2D eigenvalue weighted by Gasteiger charge is 2.21. The second-order valence-corrected chi connectivity index (χ2v) is 8.28. The van der Waals surface area contributed by atoms with Crippen LogP contribution in [0.2, 0.25) is 0 Å². The van der Waals surface area contributed by atoms with Crippen LogP contribution >= 0.6 is 0 Å². The summed E-state index contributed by atoms with van der Waals surface area (Å²) in [5.74, 6) is 0.0155. The van der Waals surface area contributed by atoms with Gasteiger partial charge in [0.25, 0.3) is 0 Å². The van der Waals surface area contributed by atoms with Crippen LogP contribution in [0, 0.1) is 0 Å². The Balaban J connectivity index is 1.88. The molecule has 7 heteroatoms. The fourth-order valence-corrected chi connectivity index (χ4v) is 4.53. The van der Waals surface area contributed by atoms with Crippen molar-refractivity contribution in [1.29, 1.82) is 0 Å². The van der Waals surface area contributed by atoms with Crippen molar-refractivity contribution in [2.75, 3.05) is 32.7 Å². The van der Waals surface area contributed by atoms with Crippen LogP contribution < -0.4 is 5.32 Å². The lowest BCUT2D eigenvalue weighted by Crippen LogP contribution is -2.39. The minimum absolute atomic E-state index is 0.0155. The minimum atomic E-state index is -3.43. The molecule has 0 atom stereocenters. The molecule has 25 heavy (non-hydrogen) atoms. The fraction of sp³-hybridized carbons (Fsp3) is 0.611. The zero-order valence-electron chi connectivity index (χ0n) is 15.2. The van der Waals surface area contributed by atoms with Gasteiger partial charge in [-0.1, -0.05) is 32.4 Å². The molecule has 1 fully saturated rings. The van der Waals surface area contributed by atoms with E-state index in [0.717, 1.165) is 31.5 Å². The highest BCUT2D eigenvalue weighted by molar-refractivity contribution is 7.89. The molecule has 1 heterocycles. The van der Waals surface area contributed by atoms with Crippen molar-refractivity contribution in [2.24, 2.45) is 0 Å². The number of carbonyl (C=O) groups excluding carboxylic acids is 1. The SMILES string of the molecule is CCN(CC)S(=O)(=O)c1ccc(CNC(=O)CN2CCCCC2)cc1. The second kappa shape index (κ2) is 9.31. The van der Waals surface area contributed by atoms with Gasteiger partial charge in [-0.2, -0.15) is 4.31 Å². The first-order chi connectivity index (χ1) is 12.0. The third-order valence-corrected chi connectivity index (χ3v) is 6.64. The molecular formula is C18H29N3O3S. The molecule has 1 amide bonds. The van der Waals surface area contributed by atoms with Gasteiger partial charge in [0.1, 0.15) is 0 Å². The molecule has 2 rings (SSSR count). The number of hydrogen-bond acceptors (Lipinski definition) is 4. The minimum Gasteiger partial charge on any atom is -0.351 e.